The van der Waals surface area contributed by atoms with Crippen molar-refractivity contribution < 1.29 is 9.13 Å². The smallest absolute Gasteiger partial charge is 0.149 e. The molecule has 1 aromatic carbocycles. The SMILES string of the molecule is COC1CCCC(Nc2c(N)cc(Br)cc2F)C1. The number of nitrogens with one attached hydrogen (secondary N) is 1. The van der Waals surface area contributed by atoms with Gasteiger partial charge in [0.2, 0.25) is 0 Å². The molecule has 0 radical (unpaired) electrons. The zero-order valence-electron chi connectivity index (χ0n) is 10.4. The molecule has 0 spiro atoms. The molecule has 0 amide bonds. The summed E-state index contributed by atoms with van der Waals surface area (Å²) in [5.74, 6) is -0.318. The summed E-state index contributed by atoms with van der Waals surface area (Å²) in [4.78, 5) is 0. The maximum absolute atomic E-state index is 13.8. The molecule has 1 aliphatic carbocycles. The normalized spacial score (nSPS) is 23.9. The predicted octanol–water partition coefficient (Wildman–Crippen LogP) is 3.54. The first-order valence-electron chi connectivity index (χ1n) is 6.14. The van der Waals surface area contributed by atoms with Gasteiger partial charge in [-0.25, -0.2) is 4.39 Å². The molecule has 1 aliphatic rings. The van der Waals surface area contributed by atoms with E-state index < -0.39 is 0 Å². The standard InChI is InChI=1S/C13H18BrFN2O/c1-18-10-4-2-3-9(7-10)17-13-11(15)5-8(14)6-12(13)16/h5-6,9-10,17H,2-4,7,16H2,1H3. The van der Waals surface area contributed by atoms with Crippen LogP contribution in [0.1, 0.15) is 25.7 Å². The fourth-order valence-corrected chi connectivity index (χ4v) is 2.89. The molecule has 0 aliphatic heterocycles. The van der Waals surface area contributed by atoms with Crippen molar-refractivity contribution in [1.82, 2.24) is 0 Å². The molecule has 0 bridgehead atoms. The lowest BCUT2D eigenvalue weighted by atomic mass is 9.92. The van der Waals surface area contributed by atoms with Gasteiger partial charge in [0.1, 0.15) is 5.82 Å². The lowest BCUT2D eigenvalue weighted by Crippen LogP contribution is -2.31. The molecular weight excluding hydrogens is 299 g/mol. The van der Waals surface area contributed by atoms with Crippen molar-refractivity contribution in [3.8, 4) is 0 Å². The molecule has 0 saturated heterocycles. The molecule has 2 unspecified atom stereocenters. The Kier molecular flexibility index (Phi) is 4.45. The molecule has 3 N–H and O–H groups in total. The third-order valence-electron chi connectivity index (χ3n) is 3.39. The van der Waals surface area contributed by atoms with Gasteiger partial charge in [-0.05, 0) is 37.8 Å². The minimum absolute atomic E-state index is 0.224. The Morgan fingerprint density at radius 2 is 2.22 bits per heavy atom. The fourth-order valence-electron chi connectivity index (χ4n) is 2.44. The Morgan fingerprint density at radius 3 is 2.89 bits per heavy atom. The lowest BCUT2D eigenvalue weighted by molar-refractivity contribution is 0.0669. The number of anilines is 2. The first-order valence-corrected chi connectivity index (χ1v) is 6.93. The minimum Gasteiger partial charge on any atom is -0.397 e. The Balaban J connectivity index is 2.09. The van der Waals surface area contributed by atoms with E-state index >= 15 is 0 Å². The van der Waals surface area contributed by atoms with Crippen LogP contribution in [-0.4, -0.2) is 19.3 Å². The monoisotopic (exact) mass is 316 g/mol. The maximum Gasteiger partial charge on any atom is 0.149 e. The van der Waals surface area contributed by atoms with Crippen LogP contribution in [0.3, 0.4) is 0 Å². The summed E-state index contributed by atoms with van der Waals surface area (Å²) in [5.41, 5.74) is 6.68. The number of benzene rings is 1. The third-order valence-corrected chi connectivity index (χ3v) is 3.85. The van der Waals surface area contributed by atoms with Crippen LogP contribution in [0, 0.1) is 5.82 Å². The van der Waals surface area contributed by atoms with Crippen LogP contribution < -0.4 is 11.1 Å². The summed E-state index contributed by atoms with van der Waals surface area (Å²) in [6.07, 6.45) is 4.34. The summed E-state index contributed by atoms with van der Waals surface area (Å²) >= 11 is 3.23. The van der Waals surface area contributed by atoms with Crippen LogP contribution in [-0.2, 0) is 4.74 Å². The summed E-state index contributed by atoms with van der Waals surface area (Å²) < 4.78 is 19.9. The van der Waals surface area contributed by atoms with Crippen LogP contribution >= 0.6 is 15.9 Å². The minimum atomic E-state index is -0.318. The maximum atomic E-state index is 13.8. The Bertz CT molecular complexity index is 404. The largest absolute Gasteiger partial charge is 0.397 e. The third kappa shape index (κ3) is 3.14. The molecule has 5 heteroatoms. The molecule has 100 valence electrons. The summed E-state index contributed by atoms with van der Waals surface area (Å²) in [5, 5.41) is 3.21. The van der Waals surface area contributed by atoms with E-state index in [4.69, 9.17) is 10.5 Å². The van der Waals surface area contributed by atoms with E-state index in [2.05, 4.69) is 21.2 Å². The highest BCUT2D eigenvalue weighted by atomic mass is 79.9. The van der Waals surface area contributed by atoms with Gasteiger partial charge in [0.15, 0.2) is 0 Å². The first-order chi connectivity index (χ1) is 8.60. The molecule has 3 nitrogen and oxygen atoms in total. The number of nitrogens with two attached hydrogens (primary N) is 1. The Morgan fingerprint density at radius 1 is 1.44 bits per heavy atom. The summed E-state index contributed by atoms with van der Waals surface area (Å²) in [6, 6.07) is 3.36. The van der Waals surface area contributed by atoms with Gasteiger partial charge in [-0.1, -0.05) is 15.9 Å². The van der Waals surface area contributed by atoms with Crippen LogP contribution in [0.2, 0.25) is 0 Å². The first kappa shape index (κ1) is 13.6. The van der Waals surface area contributed by atoms with Crippen molar-refractivity contribution >= 4 is 27.3 Å². The van der Waals surface area contributed by atoms with Gasteiger partial charge >= 0.3 is 0 Å². The second kappa shape index (κ2) is 5.89. The number of halogens is 2. The van der Waals surface area contributed by atoms with Crippen LogP contribution in [0.4, 0.5) is 15.8 Å². The van der Waals surface area contributed by atoms with Gasteiger partial charge in [0.05, 0.1) is 17.5 Å². The number of methoxy groups -OCH3 is 1. The molecule has 0 aromatic heterocycles. The highest BCUT2D eigenvalue weighted by Crippen LogP contribution is 2.30. The van der Waals surface area contributed by atoms with Gasteiger partial charge in [-0.3, -0.25) is 0 Å². The molecular formula is C13H18BrFN2O. The van der Waals surface area contributed by atoms with E-state index in [0.29, 0.717) is 15.8 Å². The molecule has 2 rings (SSSR count). The second-order valence-corrected chi connectivity index (χ2v) is 5.63. The predicted molar refractivity (Wildman–Crippen MR) is 75.2 cm³/mol. The van der Waals surface area contributed by atoms with E-state index in [1.54, 1.807) is 13.2 Å². The molecule has 1 aromatic rings. The van der Waals surface area contributed by atoms with Crippen molar-refractivity contribution in [3.05, 3.63) is 22.4 Å². The van der Waals surface area contributed by atoms with E-state index in [0.717, 1.165) is 25.7 Å². The topological polar surface area (TPSA) is 47.3 Å². The molecule has 1 saturated carbocycles. The van der Waals surface area contributed by atoms with Crippen molar-refractivity contribution in [2.45, 2.75) is 37.8 Å². The molecule has 0 heterocycles. The number of nitrogen functional groups attached to an aromatic ring is 1. The van der Waals surface area contributed by atoms with Gasteiger partial charge in [0, 0.05) is 17.6 Å². The Labute approximate surface area is 115 Å². The van der Waals surface area contributed by atoms with E-state index in [1.165, 1.54) is 6.07 Å². The zero-order chi connectivity index (χ0) is 13.1. The lowest BCUT2D eigenvalue weighted by Gasteiger charge is -2.30. The average molecular weight is 317 g/mol. The van der Waals surface area contributed by atoms with Crippen molar-refractivity contribution in [2.75, 3.05) is 18.2 Å². The summed E-state index contributed by atoms with van der Waals surface area (Å²) in [6.45, 7) is 0. The van der Waals surface area contributed by atoms with Crippen molar-refractivity contribution in [1.29, 1.82) is 0 Å². The average Bonchev–Trinajstić information content (AvgIpc) is 2.34. The van der Waals surface area contributed by atoms with Gasteiger partial charge in [-0.2, -0.15) is 0 Å². The van der Waals surface area contributed by atoms with E-state index in [1.807, 2.05) is 0 Å². The van der Waals surface area contributed by atoms with E-state index in [9.17, 15) is 4.39 Å². The number of hydrogen-bond donors (Lipinski definition) is 2. The quantitative estimate of drug-likeness (QED) is 0.838. The van der Waals surface area contributed by atoms with E-state index in [-0.39, 0.29) is 18.0 Å². The molecule has 1 fully saturated rings. The van der Waals surface area contributed by atoms with Gasteiger partial charge < -0.3 is 15.8 Å². The van der Waals surface area contributed by atoms with Gasteiger partial charge in [0.25, 0.3) is 0 Å². The zero-order valence-corrected chi connectivity index (χ0v) is 12.0. The van der Waals surface area contributed by atoms with Crippen LogP contribution in [0.5, 0.6) is 0 Å². The second-order valence-electron chi connectivity index (χ2n) is 4.72. The summed E-state index contributed by atoms with van der Waals surface area (Å²) in [7, 11) is 1.72. The van der Waals surface area contributed by atoms with Crippen LogP contribution in [0.15, 0.2) is 16.6 Å². The molecule has 18 heavy (non-hydrogen) atoms. The highest BCUT2D eigenvalue weighted by Gasteiger charge is 2.23. The number of hydrogen-bond acceptors (Lipinski definition) is 3. The number of ether oxygens (including phenoxy) is 1. The van der Waals surface area contributed by atoms with Crippen molar-refractivity contribution in [3.63, 3.8) is 0 Å². The number of rotatable bonds is 3. The van der Waals surface area contributed by atoms with Gasteiger partial charge in [-0.15, -0.1) is 0 Å². The molecule has 2 atom stereocenters. The van der Waals surface area contributed by atoms with Crippen LogP contribution in [0.25, 0.3) is 0 Å². The van der Waals surface area contributed by atoms with Crippen molar-refractivity contribution in [2.24, 2.45) is 0 Å². The Hall–Kier alpha value is -0.810. The highest BCUT2D eigenvalue weighted by molar-refractivity contribution is 9.10. The fraction of sp³-hybridized carbons (Fsp3) is 0.538.